The van der Waals surface area contributed by atoms with Crippen molar-refractivity contribution in [2.75, 3.05) is 13.2 Å². The lowest BCUT2D eigenvalue weighted by atomic mass is 9.41. The summed E-state index contributed by atoms with van der Waals surface area (Å²) in [5.74, 6) is -6.19. The number of esters is 2. The topological polar surface area (TPSA) is 231 Å². The van der Waals surface area contributed by atoms with Gasteiger partial charge in [-0.05, 0) is 37.6 Å². The van der Waals surface area contributed by atoms with Crippen LogP contribution in [0.25, 0.3) is 0 Å². The van der Waals surface area contributed by atoms with Crippen LogP contribution in [-0.2, 0) is 28.4 Å². The van der Waals surface area contributed by atoms with Gasteiger partial charge in [0.05, 0.1) is 16.5 Å². The first-order chi connectivity index (χ1) is 21.3. The zero-order chi connectivity index (χ0) is 32.1. The molecule has 3 saturated carbocycles. The van der Waals surface area contributed by atoms with Gasteiger partial charge in [0.25, 0.3) is 0 Å². The SMILES string of the molecule is C[C@@]12C[C@@]3(O)OC(O1)[C@]1(COC(=O)c4ccccc4)C3C[C@]12O[C@@H]1O[C@H](COC(=O)c2cc(O)c(O)c(O)c2)[C@@H](O)[C@H](O)[C@H]1O. The summed E-state index contributed by atoms with van der Waals surface area (Å²) in [7, 11) is 0. The summed E-state index contributed by atoms with van der Waals surface area (Å²) in [6, 6.07) is 10.0. The van der Waals surface area contributed by atoms with Crippen LogP contribution in [-0.4, -0.2) is 115 Å². The molecule has 242 valence electrons. The third kappa shape index (κ3) is 4.06. The summed E-state index contributed by atoms with van der Waals surface area (Å²) in [5.41, 5.74) is -3.78. The molecule has 4 heterocycles. The van der Waals surface area contributed by atoms with E-state index in [1.165, 1.54) is 0 Å². The molecule has 0 amide bonds. The first-order valence-corrected chi connectivity index (χ1v) is 14.3. The highest BCUT2D eigenvalue weighted by atomic mass is 16.8. The fraction of sp³-hybridized carbons (Fsp3) is 0.533. The summed E-state index contributed by atoms with van der Waals surface area (Å²) in [5, 5.41) is 72.6. The average Bonchev–Trinajstić information content (AvgIpc) is 3.20. The predicted octanol–water partition coefficient (Wildman–Crippen LogP) is -0.376. The van der Waals surface area contributed by atoms with Gasteiger partial charge < -0.3 is 64.2 Å². The molecule has 45 heavy (non-hydrogen) atoms. The number of rotatable bonds is 8. The molecule has 0 radical (unpaired) electrons. The Hall–Kier alpha value is -3.54. The van der Waals surface area contributed by atoms with Crippen LogP contribution in [0.5, 0.6) is 17.2 Å². The van der Waals surface area contributed by atoms with Crippen molar-refractivity contribution < 1.29 is 73.8 Å². The van der Waals surface area contributed by atoms with Gasteiger partial charge in [-0.25, -0.2) is 9.59 Å². The number of carbonyl (C=O) groups excluding carboxylic acids is 2. The summed E-state index contributed by atoms with van der Waals surface area (Å²) in [6.45, 7) is 0.780. The smallest absolute Gasteiger partial charge is 0.338 e. The van der Waals surface area contributed by atoms with E-state index in [0.717, 1.165) is 12.1 Å². The number of aliphatic hydroxyl groups is 4. The first-order valence-electron chi connectivity index (χ1n) is 14.3. The van der Waals surface area contributed by atoms with E-state index in [1.54, 1.807) is 37.3 Å². The summed E-state index contributed by atoms with van der Waals surface area (Å²) in [6.07, 6.45) is -9.21. The molecule has 0 aromatic heterocycles. The Bertz CT molecular complexity index is 1510. The van der Waals surface area contributed by atoms with E-state index in [4.69, 9.17) is 28.4 Å². The molecule has 7 N–H and O–H groups in total. The minimum Gasteiger partial charge on any atom is -0.504 e. The molecule has 2 aromatic carbocycles. The van der Waals surface area contributed by atoms with E-state index >= 15 is 0 Å². The molecule has 0 spiro atoms. The van der Waals surface area contributed by atoms with E-state index in [1.807, 2.05) is 0 Å². The van der Waals surface area contributed by atoms with Crippen LogP contribution in [0, 0.1) is 11.3 Å². The van der Waals surface area contributed by atoms with Crippen LogP contribution in [0.15, 0.2) is 42.5 Å². The van der Waals surface area contributed by atoms with Crippen molar-refractivity contribution in [3.8, 4) is 17.2 Å². The lowest BCUT2D eigenvalue weighted by Crippen LogP contribution is -2.80. The highest BCUT2D eigenvalue weighted by Crippen LogP contribution is 2.81. The summed E-state index contributed by atoms with van der Waals surface area (Å²) in [4.78, 5) is 25.5. The predicted molar refractivity (Wildman–Crippen MR) is 143 cm³/mol. The van der Waals surface area contributed by atoms with E-state index in [2.05, 4.69) is 0 Å². The minimum atomic E-state index is -1.81. The number of hydrogen-bond acceptors (Lipinski definition) is 15. The maximum Gasteiger partial charge on any atom is 0.338 e. The normalized spacial score (nSPS) is 42.3. The Labute approximate surface area is 255 Å². The number of phenols is 3. The van der Waals surface area contributed by atoms with Gasteiger partial charge in [-0.1, -0.05) is 18.2 Å². The molecule has 7 aliphatic rings. The molecule has 9 rings (SSSR count). The van der Waals surface area contributed by atoms with E-state index in [-0.39, 0.29) is 25.0 Å². The molecular formula is C30H32O15. The third-order valence-corrected chi connectivity index (χ3v) is 10.1. The summed E-state index contributed by atoms with van der Waals surface area (Å²) < 4.78 is 35.3. The number of phenolic OH excluding ortho intramolecular Hbond substituents is 3. The van der Waals surface area contributed by atoms with Gasteiger partial charge in [0.15, 0.2) is 35.6 Å². The molecule has 11 atom stereocenters. The summed E-state index contributed by atoms with van der Waals surface area (Å²) >= 11 is 0. The van der Waals surface area contributed by atoms with Crippen molar-refractivity contribution in [1.82, 2.24) is 0 Å². The van der Waals surface area contributed by atoms with Gasteiger partial charge in [0.2, 0.25) is 0 Å². The molecule has 4 saturated heterocycles. The molecule has 4 aliphatic heterocycles. The van der Waals surface area contributed by atoms with Crippen LogP contribution >= 0.6 is 0 Å². The van der Waals surface area contributed by atoms with Gasteiger partial charge in [0.1, 0.15) is 48.8 Å². The van der Waals surface area contributed by atoms with E-state index in [9.17, 15) is 45.3 Å². The van der Waals surface area contributed by atoms with E-state index in [0.29, 0.717) is 5.56 Å². The van der Waals surface area contributed by atoms with Crippen LogP contribution < -0.4 is 0 Å². The molecule has 15 nitrogen and oxygen atoms in total. The minimum absolute atomic E-state index is 0.00307. The van der Waals surface area contributed by atoms with Crippen molar-refractivity contribution >= 4 is 11.9 Å². The van der Waals surface area contributed by atoms with E-state index < -0.39 is 101 Å². The largest absolute Gasteiger partial charge is 0.504 e. The zero-order valence-electron chi connectivity index (χ0n) is 23.8. The number of hydrogen-bond donors (Lipinski definition) is 7. The maximum absolute atomic E-state index is 12.9. The van der Waals surface area contributed by atoms with Gasteiger partial charge in [-0.15, -0.1) is 0 Å². The third-order valence-electron chi connectivity index (χ3n) is 10.1. The maximum atomic E-state index is 12.9. The van der Waals surface area contributed by atoms with Crippen molar-refractivity contribution in [3.63, 3.8) is 0 Å². The van der Waals surface area contributed by atoms with Gasteiger partial charge in [-0.2, -0.15) is 0 Å². The molecule has 6 bridgehead atoms. The number of benzene rings is 2. The second kappa shape index (κ2) is 9.98. The van der Waals surface area contributed by atoms with Crippen LogP contribution in [0.1, 0.15) is 40.5 Å². The first kappa shape index (κ1) is 30.1. The lowest BCUT2D eigenvalue weighted by molar-refractivity contribution is -0.424. The zero-order valence-corrected chi connectivity index (χ0v) is 23.8. The molecule has 2 unspecified atom stereocenters. The molecule has 3 aliphatic carbocycles. The van der Waals surface area contributed by atoms with Crippen LogP contribution in [0.2, 0.25) is 0 Å². The fourth-order valence-electron chi connectivity index (χ4n) is 7.82. The molecule has 7 fully saturated rings. The average molecular weight is 633 g/mol. The lowest BCUT2D eigenvalue weighted by Gasteiger charge is -2.67. The van der Waals surface area contributed by atoms with Crippen molar-refractivity contribution in [1.29, 1.82) is 0 Å². The fourth-order valence-corrected chi connectivity index (χ4v) is 7.82. The Balaban J connectivity index is 1.11. The van der Waals surface area contributed by atoms with Crippen LogP contribution in [0.4, 0.5) is 0 Å². The second-order valence-electron chi connectivity index (χ2n) is 12.5. The monoisotopic (exact) mass is 632 g/mol. The number of aliphatic hydroxyl groups excluding tert-OH is 3. The molecule has 2 aromatic rings. The quantitative estimate of drug-likeness (QED) is 0.145. The number of aromatic hydroxyl groups is 3. The van der Waals surface area contributed by atoms with Crippen LogP contribution in [0.3, 0.4) is 0 Å². The number of carbonyl (C=O) groups is 2. The Kier molecular flexibility index (Phi) is 6.68. The second-order valence-corrected chi connectivity index (χ2v) is 12.5. The van der Waals surface area contributed by atoms with Gasteiger partial charge in [-0.3, -0.25) is 0 Å². The van der Waals surface area contributed by atoms with Crippen molar-refractivity contribution in [2.24, 2.45) is 11.3 Å². The Morgan fingerprint density at radius 1 is 0.911 bits per heavy atom. The van der Waals surface area contributed by atoms with Gasteiger partial charge >= 0.3 is 11.9 Å². The highest BCUT2D eigenvalue weighted by Gasteiger charge is 2.94. The Morgan fingerprint density at radius 3 is 2.27 bits per heavy atom. The van der Waals surface area contributed by atoms with Crippen molar-refractivity contribution in [2.45, 2.75) is 73.8 Å². The molecule has 15 heteroatoms. The molecular weight excluding hydrogens is 600 g/mol. The van der Waals surface area contributed by atoms with Crippen molar-refractivity contribution in [3.05, 3.63) is 53.6 Å². The number of ether oxygens (including phenoxy) is 6. The standard InChI is InChI=1S/C30H32O15/c1-27-11-29(39)18-9-30(27,28(18,26(44-27)45-29)12-41-23(37)13-5-3-2-4-6-13)43-25-22(36)21(35)20(34)17(42-25)10-40-24(38)14-7-15(31)19(33)16(32)8-14/h2-8,17-18,20-22,25-26,31-36,39H,9-12H2,1H3/t17-,18?,20-,21+,22-,25+,26?,27+,28+,29-,30-/m1/s1. The van der Waals surface area contributed by atoms with Gasteiger partial charge in [0, 0.05) is 12.3 Å². The highest BCUT2D eigenvalue weighted by molar-refractivity contribution is 5.91. The Morgan fingerprint density at radius 2 is 1.58 bits per heavy atom.